The average molecular weight is 212 g/mol. The number of nitrogens with one attached hydrogen (secondary N) is 1. The minimum atomic E-state index is -0.0647. The number of hydrogen-bond donors (Lipinski definition) is 2. The van der Waals surface area contributed by atoms with Gasteiger partial charge in [-0.1, -0.05) is 6.92 Å². The molecule has 0 saturated carbocycles. The van der Waals surface area contributed by atoms with Crippen LogP contribution in [0.25, 0.3) is 0 Å². The second kappa shape index (κ2) is 5.28. The molecular formula is C12H24N2O. The van der Waals surface area contributed by atoms with Crippen molar-refractivity contribution in [2.75, 3.05) is 26.2 Å². The molecule has 3 nitrogen and oxygen atoms in total. The Labute approximate surface area is 92.8 Å². The summed E-state index contributed by atoms with van der Waals surface area (Å²) in [5.74, 6) is 0.454. The Kier molecular flexibility index (Phi) is 4.00. The third-order valence-corrected chi connectivity index (χ3v) is 3.95. The fourth-order valence-corrected chi connectivity index (χ4v) is 2.86. The van der Waals surface area contributed by atoms with Gasteiger partial charge in [0.15, 0.2) is 0 Å². The average Bonchev–Trinajstić information content (AvgIpc) is 2.50. The predicted molar refractivity (Wildman–Crippen MR) is 61.9 cm³/mol. The zero-order valence-electron chi connectivity index (χ0n) is 9.78. The molecule has 2 heterocycles. The summed E-state index contributed by atoms with van der Waals surface area (Å²) in [6, 6.07) is 0.759. The lowest BCUT2D eigenvalue weighted by Crippen LogP contribution is -2.47. The SMILES string of the molecule is CC1CN(C2CCCNCC2)CCC1O. The largest absolute Gasteiger partial charge is 0.393 e. The van der Waals surface area contributed by atoms with Crippen LogP contribution in [-0.2, 0) is 0 Å². The molecule has 3 atom stereocenters. The first kappa shape index (κ1) is 11.4. The van der Waals surface area contributed by atoms with Gasteiger partial charge in [0.25, 0.3) is 0 Å². The molecule has 0 aromatic rings. The maximum Gasteiger partial charge on any atom is 0.0590 e. The number of aliphatic hydroxyl groups excluding tert-OH is 1. The van der Waals surface area contributed by atoms with E-state index >= 15 is 0 Å². The highest BCUT2D eigenvalue weighted by Gasteiger charge is 2.28. The Balaban J connectivity index is 1.86. The van der Waals surface area contributed by atoms with Crippen LogP contribution in [0, 0.1) is 5.92 Å². The van der Waals surface area contributed by atoms with Gasteiger partial charge in [-0.2, -0.15) is 0 Å². The van der Waals surface area contributed by atoms with Crippen LogP contribution in [0.3, 0.4) is 0 Å². The fraction of sp³-hybridized carbons (Fsp3) is 1.00. The Morgan fingerprint density at radius 3 is 2.87 bits per heavy atom. The maximum atomic E-state index is 9.71. The maximum absolute atomic E-state index is 9.71. The smallest absolute Gasteiger partial charge is 0.0590 e. The lowest BCUT2D eigenvalue weighted by molar-refractivity contribution is 0.0148. The third kappa shape index (κ3) is 2.92. The molecule has 2 aliphatic rings. The Hall–Kier alpha value is -0.120. The number of nitrogens with zero attached hydrogens (tertiary/aromatic N) is 1. The normalized spacial score (nSPS) is 40.0. The summed E-state index contributed by atoms with van der Waals surface area (Å²) < 4.78 is 0. The van der Waals surface area contributed by atoms with Crippen LogP contribution in [0.15, 0.2) is 0 Å². The first-order chi connectivity index (χ1) is 7.27. The van der Waals surface area contributed by atoms with Crippen molar-refractivity contribution in [1.29, 1.82) is 0 Å². The van der Waals surface area contributed by atoms with Crippen LogP contribution >= 0.6 is 0 Å². The van der Waals surface area contributed by atoms with E-state index in [1.807, 2.05) is 0 Å². The van der Waals surface area contributed by atoms with Crippen LogP contribution in [0.2, 0.25) is 0 Å². The Bertz CT molecular complexity index is 190. The molecule has 3 heteroatoms. The minimum Gasteiger partial charge on any atom is -0.393 e. The molecule has 0 spiro atoms. The van der Waals surface area contributed by atoms with E-state index in [9.17, 15) is 5.11 Å². The second-order valence-corrected chi connectivity index (χ2v) is 5.16. The number of rotatable bonds is 1. The van der Waals surface area contributed by atoms with Crippen molar-refractivity contribution in [1.82, 2.24) is 10.2 Å². The van der Waals surface area contributed by atoms with E-state index < -0.39 is 0 Å². The molecule has 88 valence electrons. The van der Waals surface area contributed by atoms with Crippen molar-refractivity contribution in [3.8, 4) is 0 Å². The predicted octanol–water partition coefficient (Wildman–Crippen LogP) is 0.831. The standard InChI is InChI=1S/C12H24N2O/c1-10-9-14(8-5-12(10)15)11-3-2-6-13-7-4-11/h10-13,15H,2-9H2,1H3. The summed E-state index contributed by atoms with van der Waals surface area (Å²) in [5, 5.41) is 13.2. The highest BCUT2D eigenvalue weighted by Crippen LogP contribution is 2.22. The minimum absolute atomic E-state index is 0.0647. The number of piperidine rings is 1. The van der Waals surface area contributed by atoms with E-state index in [-0.39, 0.29) is 6.10 Å². The zero-order valence-corrected chi connectivity index (χ0v) is 9.78. The number of hydrogen-bond acceptors (Lipinski definition) is 3. The summed E-state index contributed by atoms with van der Waals surface area (Å²) >= 11 is 0. The number of likely N-dealkylation sites (tertiary alicyclic amines) is 1. The van der Waals surface area contributed by atoms with Crippen molar-refractivity contribution in [3.63, 3.8) is 0 Å². The molecule has 2 aliphatic heterocycles. The zero-order chi connectivity index (χ0) is 10.7. The summed E-state index contributed by atoms with van der Waals surface area (Å²) in [5.41, 5.74) is 0. The summed E-state index contributed by atoms with van der Waals surface area (Å²) in [4.78, 5) is 2.60. The summed E-state index contributed by atoms with van der Waals surface area (Å²) in [7, 11) is 0. The molecule has 0 aromatic carbocycles. The number of aliphatic hydroxyl groups is 1. The first-order valence-electron chi connectivity index (χ1n) is 6.40. The molecule has 2 rings (SSSR count). The fourth-order valence-electron chi connectivity index (χ4n) is 2.86. The van der Waals surface area contributed by atoms with Crippen molar-refractivity contribution < 1.29 is 5.11 Å². The molecule has 0 bridgehead atoms. The van der Waals surface area contributed by atoms with Gasteiger partial charge in [0.2, 0.25) is 0 Å². The lowest BCUT2D eigenvalue weighted by atomic mass is 9.94. The van der Waals surface area contributed by atoms with Gasteiger partial charge >= 0.3 is 0 Å². The van der Waals surface area contributed by atoms with Crippen molar-refractivity contribution >= 4 is 0 Å². The van der Waals surface area contributed by atoms with Crippen molar-refractivity contribution in [3.05, 3.63) is 0 Å². The van der Waals surface area contributed by atoms with Gasteiger partial charge in [-0.15, -0.1) is 0 Å². The van der Waals surface area contributed by atoms with E-state index in [1.54, 1.807) is 0 Å². The quantitative estimate of drug-likeness (QED) is 0.676. The van der Waals surface area contributed by atoms with Crippen LogP contribution in [0.5, 0.6) is 0 Å². The molecule has 0 amide bonds. The van der Waals surface area contributed by atoms with Crippen LogP contribution in [0.1, 0.15) is 32.6 Å². The van der Waals surface area contributed by atoms with E-state index in [2.05, 4.69) is 17.1 Å². The van der Waals surface area contributed by atoms with Crippen molar-refractivity contribution in [2.45, 2.75) is 44.8 Å². The molecule has 0 aromatic heterocycles. The lowest BCUT2D eigenvalue weighted by Gasteiger charge is -2.39. The Morgan fingerprint density at radius 1 is 1.20 bits per heavy atom. The molecule has 2 fully saturated rings. The van der Waals surface area contributed by atoms with Gasteiger partial charge in [0.1, 0.15) is 0 Å². The third-order valence-electron chi connectivity index (χ3n) is 3.95. The molecule has 2 N–H and O–H groups in total. The molecular weight excluding hydrogens is 188 g/mol. The monoisotopic (exact) mass is 212 g/mol. The van der Waals surface area contributed by atoms with Gasteiger partial charge in [-0.05, 0) is 44.7 Å². The van der Waals surface area contributed by atoms with Gasteiger partial charge < -0.3 is 10.4 Å². The molecule has 0 radical (unpaired) electrons. The highest BCUT2D eigenvalue weighted by atomic mass is 16.3. The second-order valence-electron chi connectivity index (χ2n) is 5.16. The van der Waals surface area contributed by atoms with E-state index in [4.69, 9.17) is 0 Å². The molecule has 3 unspecified atom stereocenters. The van der Waals surface area contributed by atoms with Crippen LogP contribution in [0.4, 0.5) is 0 Å². The molecule has 15 heavy (non-hydrogen) atoms. The van der Waals surface area contributed by atoms with Crippen molar-refractivity contribution in [2.24, 2.45) is 5.92 Å². The van der Waals surface area contributed by atoms with Crippen LogP contribution in [-0.4, -0.2) is 48.3 Å². The van der Waals surface area contributed by atoms with Gasteiger partial charge in [-0.3, -0.25) is 4.90 Å². The molecule has 2 saturated heterocycles. The summed E-state index contributed by atoms with van der Waals surface area (Å²) in [6.07, 6.45) is 4.81. The molecule has 0 aliphatic carbocycles. The van der Waals surface area contributed by atoms with E-state index in [1.165, 1.54) is 25.8 Å². The van der Waals surface area contributed by atoms with E-state index in [0.29, 0.717) is 5.92 Å². The van der Waals surface area contributed by atoms with Gasteiger partial charge in [0, 0.05) is 19.1 Å². The van der Waals surface area contributed by atoms with Gasteiger partial charge in [-0.25, -0.2) is 0 Å². The highest BCUT2D eigenvalue weighted by molar-refractivity contribution is 4.83. The van der Waals surface area contributed by atoms with Crippen LogP contribution < -0.4 is 5.32 Å². The Morgan fingerprint density at radius 2 is 2.07 bits per heavy atom. The van der Waals surface area contributed by atoms with Gasteiger partial charge in [0.05, 0.1) is 6.10 Å². The first-order valence-corrected chi connectivity index (χ1v) is 6.40. The topological polar surface area (TPSA) is 35.5 Å². The van der Waals surface area contributed by atoms with E-state index in [0.717, 1.165) is 32.1 Å². The summed E-state index contributed by atoms with van der Waals surface area (Å²) in [6.45, 7) is 6.70.